The van der Waals surface area contributed by atoms with Crippen LogP contribution in [0.25, 0.3) is 11.0 Å². The largest absolute Gasteiger partial charge is 0.349 e. The summed E-state index contributed by atoms with van der Waals surface area (Å²) in [6.45, 7) is 9.12. The molecule has 0 radical (unpaired) electrons. The number of rotatable bonds is 3. The first-order valence-corrected chi connectivity index (χ1v) is 10.4. The minimum absolute atomic E-state index is 0.0509. The van der Waals surface area contributed by atoms with Crippen molar-refractivity contribution in [2.75, 3.05) is 0 Å². The van der Waals surface area contributed by atoms with Crippen molar-refractivity contribution in [1.29, 1.82) is 0 Å². The van der Waals surface area contributed by atoms with E-state index in [0.717, 1.165) is 34.4 Å². The summed E-state index contributed by atoms with van der Waals surface area (Å²) in [6, 6.07) is 2.29. The Kier molecular flexibility index (Phi) is 3.40. The predicted molar refractivity (Wildman–Crippen MR) is 106 cm³/mol. The lowest BCUT2D eigenvalue weighted by molar-refractivity contribution is 0.0827. The molecule has 1 N–H and O–H groups in total. The van der Waals surface area contributed by atoms with Crippen LogP contribution in [-0.4, -0.2) is 26.7 Å². The molecule has 3 unspecified atom stereocenters. The Morgan fingerprint density at radius 1 is 1.26 bits per heavy atom. The van der Waals surface area contributed by atoms with Crippen molar-refractivity contribution in [2.45, 2.75) is 71.8 Å². The first kappa shape index (κ1) is 17.2. The number of nitrogens with one attached hydrogen (secondary N) is 1. The molecule has 0 aromatic carbocycles. The number of carbonyl (C=O) groups excluding carboxylic acids is 1. The molecule has 0 spiro atoms. The average molecular weight is 367 g/mol. The van der Waals surface area contributed by atoms with Gasteiger partial charge in [0.1, 0.15) is 0 Å². The number of aryl methyl sites for hydroxylation is 2. The van der Waals surface area contributed by atoms with Crippen LogP contribution < -0.4 is 5.32 Å². The van der Waals surface area contributed by atoms with Crippen LogP contribution in [0.5, 0.6) is 0 Å². The molecule has 3 saturated carbocycles. The highest BCUT2D eigenvalue weighted by atomic mass is 16.1. The van der Waals surface area contributed by atoms with Crippen molar-refractivity contribution in [3.63, 3.8) is 0 Å². The van der Waals surface area contributed by atoms with Crippen LogP contribution in [0, 0.1) is 23.7 Å². The maximum atomic E-state index is 13.4. The molecule has 3 aliphatic carbocycles. The summed E-state index contributed by atoms with van der Waals surface area (Å²) < 4.78 is 1.81. The van der Waals surface area contributed by atoms with Crippen molar-refractivity contribution in [3.8, 4) is 0 Å². The maximum absolute atomic E-state index is 13.4. The van der Waals surface area contributed by atoms with Gasteiger partial charge in [0.2, 0.25) is 0 Å². The van der Waals surface area contributed by atoms with E-state index in [4.69, 9.17) is 4.98 Å². The molecule has 1 amide bonds. The number of pyridine rings is 1. The Hall–Kier alpha value is -1.91. The number of aromatic nitrogens is 3. The Bertz CT molecular complexity index is 955. The Balaban J connectivity index is 1.53. The van der Waals surface area contributed by atoms with Crippen LogP contribution in [0.4, 0.5) is 0 Å². The number of amides is 1. The monoisotopic (exact) mass is 366 g/mol. The zero-order chi connectivity index (χ0) is 19.1. The topological polar surface area (TPSA) is 59.8 Å². The van der Waals surface area contributed by atoms with Crippen molar-refractivity contribution in [3.05, 3.63) is 23.0 Å². The third-order valence-electron chi connectivity index (χ3n) is 8.33. The summed E-state index contributed by atoms with van der Waals surface area (Å²) >= 11 is 0. The minimum Gasteiger partial charge on any atom is -0.349 e. The minimum atomic E-state index is 0.0509. The normalized spacial score (nSPS) is 31.6. The molecular weight excluding hydrogens is 336 g/mol. The highest BCUT2D eigenvalue weighted by Gasteiger charge is 2.61. The van der Waals surface area contributed by atoms with Crippen LogP contribution in [0.2, 0.25) is 0 Å². The van der Waals surface area contributed by atoms with E-state index in [1.54, 1.807) is 0 Å². The molecule has 3 aliphatic rings. The molecular formula is C22H30N4O. The quantitative estimate of drug-likeness (QED) is 0.890. The van der Waals surface area contributed by atoms with E-state index in [1.165, 1.54) is 25.7 Å². The first-order chi connectivity index (χ1) is 12.7. The summed E-state index contributed by atoms with van der Waals surface area (Å²) in [5.74, 6) is 1.28. The van der Waals surface area contributed by atoms with Gasteiger partial charge in [0.15, 0.2) is 5.65 Å². The van der Waals surface area contributed by atoms with Crippen LogP contribution >= 0.6 is 0 Å². The van der Waals surface area contributed by atoms with E-state index in [2.05, 4.69) is 31.2 Å². The van der Waals surface area contributed by atoms with Gasteiger partial charge in [0.05, 0.1) is 16.6 Å². The van der Waals surface area contributed by atoms with Crippen molar-refractivity contribution in [2.24, 2.45) is 23.8 Å². The van der Waals surface area contributed by atoms with E-state index < -0.39 is 0 Å². The van der Waals surface area contributed by atoms with E-state index in [-0.39, 0.29) is 17.4 Å². The highest BCUT2D eigenvalue weighted by molar-refractivity contribution is 6.06. The average Bonchev–Trinajstić information content (AvgIpc) is 3.36. The molecule has 27 heavy (non-hydrogen) atoms. The molecule has 0 aliphatic heterocycles. The van der Waals surface area contributed by atoms with Gasteiger partial charge in [-0.3, -0.25) is 9.48 Å². The smallest absolute Gasteiger partial charge is 0.252 e. The summed E-state index contributed by atoms with van der Waals surface area (Å²) in [6.07, 6.45) is 5.95. The summed E-state index contributed by atoms with van der Waals surface area (Å²) in [7, 11) is 1.92. The summed E-state index contributed by atoms with van der Waals surface area (Å²) in [4.78, 5) is 18.3. The molecule has 2 bridgehead atoms. The van der Waals surface area contributed by atoms with Gasteiger partial charge in [-0.05, 0) is 61.8 Å². The zero-order valence-corrected chi connectivity index (χ0v) is 17.1. The van der Waals surface area contributed by atoms with Gasteiger partial charge in [-0.25, -0.2) is 4.98 Å². The van der Waals surface area contributed by atoms with Crippen molar-refractivity contribution >= 4 is 16.9 Å². The molecule has 2 aromatic heterocycles. The van der Waals surface area contributed by atoms with Gasteiger partial charge in [-0.2, -0.15) is 5.10 Å². The molecule has 3 fully saturated rings. The Morgan fingerprint density at radius 2 is 2.00 bits per heavy atom. The van der Waals surface area contributed by atoms with Gasteiger partial charge >= 0.3 is 0 Å². The number of hydrogen-bond donors (Lipinski definition) is 1. The molecule has 5 heteroatoms. The molecule has 0 saturated heterocycles. The Morgan fingerprint density at radius 3 is 2.59 bits per heavy atom. The Labute approximate surface area is 160 Å². The highest BCUT2D eigenvalue weighted by Crippen LogP contribution is 2.65. The van der Waals surface area contributed by atoms with Crippen molar-refractivity contribution < 1.29 is 4.79 Å². The third kappa shape index (κ3) is 2.26. The van der Waals surface area contributed by atoms with Gasteiger partial charge in [0, 0.05) is 24.7 Å². The van der Waals surface area contributed by atoms with Crippen LogP contribution in [0.15, 0.2) is 6.07 Å². The SMILES string of the molecule is Cc1nn(C)c2nc(C3CC3)cc(C(=O)NC3CC4CCC3(C)C4(C)C)c12. The fourth-order valence-corrected chi connectivity index (χ4v) is 5.89. The number of nitrogens with zero attached hydrogens (tertiary/aromatic N) is 3. The van der Waals surface area contributed by atoms with E-state index in [1.807, 2.05) is 24.7 Å². The van der Waals surface area contributed by atoms with Crippen LogP contribution in [0.3, 0.4) is 0 Å². The zero-order valence-electron chi connectivity index (χ0n) is 17.1. The first-order valence-electron chi connectivity index (χ1n) is 10.4. The molecule has 2 heterocycles. The van der Waals surface area contributed by atoms with Gasteiger partial charge < -0.3 is 5.32 Å². The van der Waals surface area contributed by atoms with Crippen molar-refractivity contribution in [1.82, 2.24) is 20.1 Å². The predicted octanol–water partition coefficient (Wildman–Crippen LogP) is 4.10. The standard InChI is InChI=1S/C22H30N4O/c1-12-18-15(11-16(13-6-7-13)23-19(18)26(5)25-12)20(27)24-17-10-14-8-9-22(17,4)21(14,2)3/h11,13-14,17H,6-10H2,1-5H3,(H,24,27). The lowest BCUT2D eigenvalue weighted by Gasteiger charge is -2.39. The number of hydrogen-bond acceptors (Lipinski definition) is 3. The number of fused-ring (bicyclic) bond motifs is 3. The van der Waals surface area contributed by atoms with E-state index in [9.17, 15) is 4.79 Å². The summed E-state index contributed by atoms with van der Waals surface area (Å²) in [5, 5.41) is 8.88. The summed E-state index contributed by atoms with van der Waals surface area (Å²) in [5.41, 5.74) is 4.00. The van der Waals surface area contributed by atoms with Gasteiger partial charge in [0.25, 0.3) is 5.91 Å². The second-order valence-corrected chi connectivity index (χ2v) is 9.91. The van der Waals surface area contributed by atoms with Gasteiger partial charge in [-0.1, -0.05) is 20.8 Å². The fraction of sp³-hybridized carbons (Fsp3) is 0.682. The molecule has 5 nitrogen and oxygen atoms in total. The van der Waals surface area contributed by atoms with E-state index in [0.29, 0.717) is 17.3 Å². The lowest BCUT2D eigenvalue weighted by atomic mass is 9.69. The van der Waals surface area contributed by atoms with Crippen LogP contribution in [0.1, 0.15) is 80.5 Å². The second-order valence-electron chi connectivity index (χ2n) is 9.91. The van der Waals surface area contributed by atoms with E-state index >= 15 is 0 Å². The molecule has 5 rings (SSSR count). The third-order valence-corrected chi connectivity index (χ3v) is 8.33. The number of carbonyl (C=O) groups is 1. The molecule has 3 atom stereocenters. The fourth-order valence-electron chi connectivity index (χ4n) is 5.89. The molecule has 2 aromatic rings. The van der Waals surface area contributed by atoms with Gasteiger partial charge in [-0.15, -0.1) is 0 Å². The second kappa shape index (κ2) is 5.33. The molecule has 144 valence electrons. The lowest BCUT2D eigenvalue weighted by Crippen LogP contribution is -2.47. The maximum Gasteiger partial charge on any atom is 0.252 e. The van der Waals surface area contributed by atoms with Crippen LogP contribution in [-0.2, 0) is 7.05 Å².